The van der Waals surface area contributed by atoms with Crippen LogP contribution in [0.25, 0.3) is 33.1 Å². The van der Waals surface area contributed by atoms with Crippen LogP contribution in [0, 0.1) is 0 Å². The Bertz CT molecular complexity index is 1930. The van der Waals surface area contributed by atoms with Crippen molar-refractivity contribution in [3.8, 4) is 0 Å². The fourth-order valence-electron chi connectivity index (χ4n) is 5.56. The van der Waals surface area contributed by atoms with Crippen molar-refractivity contribution >= 4 is 50.6 Å². The molecule has 0 spiro atoms. The SMILES string of the molecule is Cn1nc(C2=C(c3cn(CCCn4ccnc4)c4ccccc34)C(=O)N(c3ccccc3)C2=O)c2cccnc21. The molecule has 1 aliphatic rings. The van der Waals surface area contributed by atoms with Gasteiger partial charge >= 0.3 is 0 Å². The zero-order valence-electron chi connectivity index (χ0n) is 21.8. The normalized spacial score (nSPS) is 13.9. The maximum Gasteiger partial charge on any atom is 0.268 e. The Morgan fingerprint density at radius 2 is 1.57 bits per heavy atom. The second-order valence-electron chi connectivity index (χ2n) is 9.79. The summed E-state index contributed by atoms with van der Waals surface area (Å²) in [6.45, 7) is 1.56. The van der Waals surface area contributed by atoms with Gasteiger partial charge in [0.25, 0.3) is 11.8 Å². The molecule has 0 atom stereocenters. The van der Waals surface area contributed by atoms with Crippen LogP contribution in [0.4, 0.5) is 5.69 Å². The van der Waals surface area contributed by atoms with Gasteiger partial charge in [0.15, 0.2) is 5.65 Å². The maximum absolute atomic E-state index is 14.2. The fraction of sp³-hybridized carbons (Fsp3) is 0.129. The van der Waals surface area contributed by atoms with Crippen LogP contribution in [0.3, 0.4) is 0 Å². The van der Waals surface area contributed by atoms with Gasteiger partial charge in [0, 0.05) is 66.8 Å². The summed E-state index contributed by atoms with van der Waals surface area (Å²) in [5.41, 5.74) is 3.97. The first kappa shape index (κ1) is 23.8. The largest absolute Gasteiger partial charge is 0.347 e. The quantitative estimate of drug-likeness (QED) is 0.281. The van der Waals surface area contributed by atoms with Gasteiger partial charge in [0.2, 0.25) is 0 Å². The number of aromatic nitrogens is 6. The Hall–Kier alpha value is -5.31. The van der Waals surface area contributed by atoms with E-state index in [-0.39, 0.29) is 11.5 Å². The molecule has 6 aromatic rings. The summed E-state index contributed by atoms with van der Waals surface area (Å²) in [6.07, 6.45) is 10.1. The Labute approximate surface area is 229 Å². The van der Waals surface area contributed by atoms with Crippen LogP contribution in [-0.4, -0.2) is 40.7 Å². The van der Waals surface area contributed by atoms with E-state index in [9.17, 15) is 9.59 Å². The van der Waals surface area contributed by atoms with Crippen LogP contribution in [-0.2, 0) is 29.7 Å². The number of aryl methyl sites for hydroxylation is 3. The molecule has 7 rings (SSSR count). The molecule has 0 radical (unpaired) electrons. The first-order chi connectivity index (χ1) is 19.6. The van der Waals surface area contributed by atoms with Crippen LogP contribution < -0.4 is 4.90 Å². The topological polar surface area (TPSA) is 90.8 Å². The summed E-state index contributed by atoms with van der Waals surface area (Å²) in [4.78, 5) is 38.2. The second-order valence-corrected chi connectivity index (χ2v) is 9.79. The molecule has 5 heterocycles. The smallest absolute Gasteiger partial charge is 0.268 e. The number of carbonyl (C=O) groups excluding carboxylic acids is 2. The molecular weight excluding hydrogens is 502 g/mol. The van der Waals surface area contributed by atoms with Gasteiger partial charge in [0.1, 0.15) is 5.69 Å². The van der Waals surface area contributed by atoms with Crippen molar-refractivity contribution in [1.82, 2.24) is 28.9 Å². The average molecular weight is 528 g/mol. The van der Waals surface area contributed by atoms with Crippen LogP contribution in [0.5, 0.6) is 0 Å². The van der Waals surface area contributed by atoms with E-state index in [4.69, 9.17) is 5.10 Å². The number of para-hydroxylation sites is 2. The molecule has 0 saturated carbocycles. The zero-order valence-corrected chi connectivity index (χ0v) is 21.8. The second kappa shape index (κ2) is 9.46. The highest BCUT2D eigenvalue weighted by molar-refractivity contribution is 6.58. The molecule has 40 heavy (non-hydrogen) atoms. The van der Waals surface area contributed by atoms with Crippen molar-refractivity contribution in [1.29, 1.82) is 0 Å². The summed E-state index contributed by atoms with van der Waals surface area (Å²) in [5, 5.41) is 6.34. The number of amides is 2. The zero-order chi connectivity index (χ0) is 27.2. The molecule has 2 amide bonds. The summed E-state index contributed by atoms with van der Waals surface area (Å²) in [6, 6.07) is 20.7. The number of imide groups is 1. The predicted molar refractivity (Wildman–Crippen MR) is 153 cm³/mol. The van der Waals surface area contributed by atoms with E-state index in [1.807, 2.05) is 77.9 Å². The Morgan fingerprint density at radius 3 is 2.40 bits per heavy atom. The van der Waals surface area contributed by atoms with Crippen molar-refractivity contribution in [3.63, 3.8) is 0 Å². The predicted octanol–water partition coefficient (Wildman–Crippen LogP) is 4.69. The first-order valence-corrected chi connectivity index (χ1v) is 13.1. The van der Waals surface area contributed by atoms with E-state index < -0.39 is 5.91 Å². The van der Waals surface area contributed by atoms with Gasteiger partial charge in [-0.3, -0.25) is 9.59 Å². The van der Waals surface area contributed by atoms with Gasteiger partial charge in [-0.05, 0) is 36.8 Å². The van der Waals surface area contributed by atoms with Crippen molar-refractivity contribution in [3.05, 3.63) is 109 Å². The number of benzene rings is 2. The number of carbonyl (C=O) groups is 2. The number of anilines is 1. The number of fused-ring (bicyclic) bond motifs is 2. The highest BCUT2D eigenvalue weighted by atomic mass is 16.2. The Morgan fingerprint density at radius 1 is 0.800 bits per heavy atom. The third-order valence-electron chi connectivity index (χ3n) is 7.37. The lowest BCUT2D eigenvalue weighted by molar-refractivity contribution is -0.119. The van der Waals surface area contributed by atoms with E-state index in [2.05, 4.69) is 14.5 Å². The number of imidazole rings is 1. The average Bonchev–Trinajstić information content (AvgIpc) is 3.75. The van der Waals surface area contributed by atoms with Crippen molar-refractivity contribution in [2.45, 2.75) is 19.5 Å². The number of pyridine rings is 1. The van der Waals surface area contributed by atoms with Crippen molar-refractivity contribution in [2.24, 2.45) is 7.05 Å². The molecule has 0 unspecified atom stereocenters. The molecule has 0 saturated heterocycles. The summed E-state index contributed by atoms with van der Waals surface area (Å²) >= 11 is 0. The monoisotopic (exact) mass is 527 g/mol. The molecule has 9 heteroatoms. The molecule has 4 aromatic heterocycles. The maximum atomic E-state index is 14.2. The summed E-state index contributed by atoms with van der Waals surface area (Å²) in [7, 11) is 1.79. The molecule has 0 bridgehead atoms. The molecule has 2 aromatic carbocycles. The highest BCUT2D eigenvalue weighted by Crippen LogP contribution is 2.42. The van der Waals surface area contributed by atoms with Crippen LogP contribution >= 0.6 is 0 Å². The number of rotatable bonds is 7. The van der Waals surface area contributed by atoms with Gasteiger partial charge in [0.05, 0.1) is 23.2 Å². The third-order valence-corrected chi connectivity index (χ3v) is 7.37. The standard InChI is InChI=1S/C31H25N7O2/c1-35-29-23(12-7-14-33-29)28(34-35)27-26(30(39)38(31(27)40)21-9-3-2-4-10-21)24-19-37(25-13-6-5-11-22(24)25)17-8-16-36-18-15-32-20-36/h2-7,9-15,18-20H,8,16-17H2,1H3. The number of hydrogen-bond acceptors (Lipinski definition) is 5. The van der Waals surface area contributed by atoms with E-state index in [1.165, 1.54) is 4.90 Å². The van der Waals surface area contributed by atoms with Crippen molar-refractivity contribution in [2.75, 3.05) is 4.90 Å². The van der Waals surface area contributed by atoms with E-state index in [0.717, 1.165) is 35.8 Å². The van der Waals surface area contributed by atoms with E-state index in [1.54, 1.807) is 36.3 Å². The van der Waals surface area contributed by atoms with Crippen LogP contribution in [0.2, 0.25) is 0 Å². The minimum absolute atomic E-state index is 0.286. The van der Waals surface area contributed by atoms with Crippen molar-refractivity contribution < 1.29 is 9.59 Å². The minimum Gasteiger partial charge on any atom is -0.347 e. The summed E-state index contributed by atoms with van der Waals surface area (Å²) < 4.78 is 5.86. The lowest BCUT2D eigenvalue weighted by atomic mass is 9.98. The first-order valence-electron chi connectivity index (χ1n) is 13.1. The fourth-order valence-corrected chi connectivity index (χ4v) is 5.56. The number of nitrogens with zero attached hydrogens (tertiary/aromatic N) is 7. The van der Waals surface area contributed by atoms with E-state index in [0.29, 0.717) is 28.2 Å². The third kappa shape index (κ3) is 3.74. The molecule has 1 aliphatic heterocycles. The molecule has 0 N–H and O–H groups in total. The summed E-state index contributed by atoms with van der Waals surface area (Å²) in [5.74, 6) is -0.762. The number of hydrogen-bond donors (Lipinski definition) is 0. The molecular formula is C31H25N7O2. The lowest BCUT2D eigenvalue weighted by Crippen LogP contribution is -2.31. The van der Waals surface area contributed by atoms with Gasteiger partial charge in [-0.1, -0.05) is 36.4 Å². The van der Waals surface area contributed by atoms with Gasteiger partial charge in [-0.2, -0.15) is 5.10 Å². The Balaban J connectivity index is 1.42. The van der Waals surface area contributed by atoms with Gasteiger partial charge in [-0.25, -0.2) is 19.5 Å². The van der Waals surface area contributed by atoms with Gasteiger partial charge < -0.3 is 9.13 Å². The van der Waals surface area contributed by atoms with Gasteiger partial charge in [-0.15, -0.1) is 0 Å². The molecule has 196 valence electrons. The molecule has 9 nitrogen and oxygen atoms in total. The minimum atomic E-state index is -0.396. The van der Waals surface area contributed by atoms with Crippen LogP contribution in [0.1, 0.15) is 17.7 Å². The molecule has 0 aliphatic carbocycles. The van der Waals surface area contributed by atoms with E-state index >= 15 is 0 Å². The van der Waals surface area contributed by atoms with Crippen LogP contribution in [0.15, 0.2) is 97.8 Å². The highest BCUT2D eigenvalue weighted by Gasteiger charge is 2.43. The Kier molecular flexibility index (Phi) is 5.62. The lowest BCUT2D eigenvalue weighted by Gasteiger charge is -2.14. The molecule has 0 fully saturated rings.